The average Bonchev–Trinajstić information content (AvgIpc) is 2.21. The largest absolute Gasteiger partial charge is 0.336 e. The van der Waals surface area contributed by atoms with Gasteiger partial charge in [-0.05, 0) is 32.0 Å². The highest BCUT2D eigenvalue weighted by Crippen LogP contribution is 2.16. The zero-order valence-electron chi connectivity index (χ0n) is 8.97. The van der Waals surface area contributed by atoms with Crippen LogP contribution in [0.4, 0.5) is 4.39 Å². The van der Waals surface area contributed by atoms with Crippen LogP contribution in [0.3, 0.4) is 0 Å². The molecule has 4 heteroatoms. The number of benzene rings is 1. The molecule has 0 bridgehead atoms. The zero-order valence-corrected chi connectivity index (χ0v) is 10.6. The lowest BCUT2D eigenvalue weighted by atomic mass is 10.1. The van der Waals surface area contributed by atoms with E-state index in [4.69, 9.17) is 6.42 Å². The van der Waals surface area contributed by atoms with Crippen molar-refractivity contribution in [3.8, 4) is 12.3 Å². The summed E-state index contributed by atoms with van der Waals surface area (Å²) in [6.07, 6.45) is 5.23. The van der Waals surface area contributed by atoms with Crippen molar-refractivity contribution in [2.24, 2.45) is 0 Å². The van der Waals surface area contributed by atoms with E-state index in [1.165, 1.54) is 18.2 Å². The van der Waals surface area contributed by atoms with Crippen molar-refractivity contribution in [3.63, 3.8) is 0 Å². The molecule has 0 atom stereocenters. The summed E-state index contributed by atoms with van der Waals surface area (Å²) < 4.78 is 14.0. The van der Waals surface area contributed by atoms with Crippen molar-refractivity contribution < 1.29 is 9.18 Å². The van der Waals surface area contributed by atoms with Gasteiger partial charge >= 0.3 is 0 Å². The van der Waals surface area contributed by atoms with Crippen molar-refractivity contribution in [3.05, 3.63) is 34.1 Å². The van der Waals surface area contributed by atoms with Gasteiger partial charge in [-0.15, -0.1) is 6.42 Å². The first-order chi connectivity index (χ1) is 7.35. The number of hydrogen-bond acceptors (Lipinski definition) is 1. The maximum absolute atomic E-state index is 13.4. The lowest BCUT2D eigenvalue weighted by molar-refractivity contribution is 0.0925. The molecule has 1 rings (SSSR count). The van der Waals surface area contributed by atoms with E-state index in [9.17, 15) is 9.18 Å². The number of carbonyl (C=O) groups is 1. The lowest BCUT2D eigenvalue weighted by Crippen LogP contribution is -2.42. The fourth-order valence-electron chi connectivity index (χ4n) is 1.06. The number of carbonyl (C=O) groups excluding carboxylic acids is 1. The molecule has 0 heterocycles. The van der Waals surface area contributed by atoms with Crippen LogP contribution in [0, 0.1) is 18.2 Å². The van der Waals surface area contributed by atoms with Gasteiger partial charge in [0.05, 0.1) is 11.1 Å². The van der Waals surface area contributed by atoms with Crippen molar-refractivity contribution in [2.45, 2.75) is 19.4 Å². The molecule has 1 aromatic rings. The summed E-state index contributed by atoms with van der Waals surface area (Å²) in [5, 5.41) is 2.55. The minimum Gasteiger partial charge on any atom is -0.336 e. The third-order valence-corrected chi connectivity index (χ3v) is 2.45. The number of halogens is 2. The zero-order chi connectivity index (χ0) is 12.3. The van der Waals surface area contributed by atoms with Crippen LogP contribution in [0.15, 0.2) is 22.7 Å². The minimum atomic E-state index is -0.800. The van der Waals surface area contributed by atoms with E-state index in [0.29, 0.717) is 4.47 Å². The van der Waals surface area contributed by atoms with Gasteiger partial charge < -0.3 is 5.32 Å². The average molecular weight is 284 g/mol. The first-order valence-corrected chi connectivity index (χ1v) is 5.40. The Labute approximate surface area is 102 Å². The molecule has 1 N–H and O–H groups in total. The summed E-state index contributed by atoms with van der Waals surface area (Å²) in [6, 6.07) is 4.16. The number of terminal acetylenes is 1. The van der Waals surface area contributed by atoms with Crippen molar-refractivity contribution in [1.29, 1.82) is 0 Å². The molecule has 0 radical (unpaired) electrons. The standard InChI is InChI=1S/C12H11BrFNO/c1-4-12(2,3)15-11(16)9-7-8(13)5-6-10(9)14/h1,5-7H,2-3H3,(H,15,16). The SMILES string of the molecule is C#CC(C)(C)NC(=O)c1cc(Br)ccc1F. The lowest BCUT2D eigenvalue weighted by Gasteiger charge is -2.19. The Bertz CT molecular complexity index is 463. The molecule has 84 valence electrons. The Morgan fingerprint density at radius 3 is 2.75 bits per heavy atom. The van der Waals surface area contributed by atoms with Crippen LogP contribution in [0.1, 0.15) is 24.2 Å². The Morgan fingerprint density at radius 1 is 1.56 bits per heavy atom. The Morgan fingerprint density at radius 2 is 2.19 bits per heavy atom. The second kappa shape index (κ2) is 4.67. The molecule has 0 fully saturated rings. The monoisotopic (exact) mass is 283 g/mol. The van der Waals surface area contributed by atoms with E-state index in [1.807, 2.05) is 0 Å². The Hall–Kier alpha value is -1.34. The first-order valence-electron chi connectivity index (χ1n) is 4.61. The quantitative estimate of drug-likeness (QED) is 0.831. The molecule has 0 aromatic heterocycles. The molecule has 0 saturated heterocycles. The van der Waals surface area contributed by atoms with E-state index in [1.54, 1.807) is 13.8 Å². The van der Waals surface area contributed by atoms with Gasteiger partial charge in [0.2, 0.25) is 0 Å². The smallest absolute Gasteiger partial charge is 0.255 e. The van der Waals surface area contributed by atoms with Gasteiger partial charge in [-0.1, -0.05) is 21.9 Å². The van der Waals surface area contributed by atoms with Crippen LogP contribution in [0.2, 0.25) is 0 Å². The molecule has 0 saturated carbocycles. The van der Waals surface area contributed by atoms with Gasteiger partial charge in [0.25, 0.3) is 5.91 Å². The summed E-state index contributed by atoms with van der Waals surface area (Å²) in [4.78, 5) is 11.7. The van der Waals surface area contributed by atoms with Gasteiger partial charge in [0.1, 0.15) is 5.82 Å². The van der Waals surface area contributed by atoms with Crippen molar-refractivity contribution in [2.75, 3.05) is 0 Å². The van der Waals surface area contributed by atoms with Crippen molar-refractivity contribution in [1.82, 2.24) is 5.32 Å². The van der Waals surface area contributed by atoms with Crippen LogP contribution in [-0.4, -0.2) is 11.4 Å². The van der Waals surface area contributed by atoms with Gasteiger partial charge in [-0.3, -0.25) is 4.79 Å². The molecule has 0 aliphatic rings. The molecule has 16 heavy (non-hydrogen) atoms. The van der Waals surface area contributed by atoms with Crippen LogP contribution in [0.5, 0.6) is 0 Å². The highest BCUT2D eigenvalue weighted by molar-refractivity contribution is 9.10. The van der Waals surface area contributed by atoms with Gasteiger partial charge in [-0.2, -0.15) is 0 Å². The highest BCUT2D eigenvalue weighted by atomic mass is 79.9. The van der Waals surface area contributed by atoms with Gasteiger partial charge in [-0.25, -0.2) is 4.39 Å². The maximum atomic E-state index is 13.4. The van der Waals surface area contributed by atoms with E-state index >= 15 is 0 Å². The van der Waals surface area contributed by atoms with Gasteiger partial charge in [0, 0.05) is 4.47 Å². The summed E-state index contributed by atoms with van der Waals surface area (Å²) in [6.45, 7) is 3.33. The normalized spacial score (nSPS) is 10.7. The fraction of sp³-hybridized carbons (Fsp3) is 0.250. The molecular formula is C12H11BrFNO. The molecular weight excluding hydrogens is 273 g/mol. The summed E-state index contributed by atoms with van der Waals surface area (Å²) >= 11 is 3.17. The summed E-state index contributed by atoms with van der Waals surface area (Å²) in [5.74, 6) is 1.31. The highest BCUT2D eigenvalue weighted by Gasteiger charge is 2.20. The van der Waals surface area contributed by atoms with E-state index in [2.05, 4.69) is 27.2 Å². The molecule has 2 nitrogen and oxygen atoms in total. The number of rotatable bonds is 2. The topological polar surface area (TPSA) is 29.1 Å². The second-order valence-electron chi connectivity index (χ2n) is 3.85. The maximum Gasteiger partial charge on any atom is 0.255 e. The van der Waals surface area contributed by atoms with Crippen LogP contribution >= 0.6 is 15.9 Å². The van der Waals surface area contributed by atoms with Crippen molar-refractivity contribution >= 4 is 21.8 Å². The molecule has 0 unspecified atom stereocenters. The van der Waals surface area contributed by atoms with E-state index < -0.39 is 17.3 Å². The third-order valence-electron chi connectivity index (χ3n) is 1.96. The van der Waals surface area contributed by atoms with Crippen LogP contribution in [-0.2, 0) is 0 Å². The van der Waals surface area contributed by atoms with Crippen LogP contribution < -0.4 is 5.32 Å². The predicted octanol–water partition coefficient (Wildman–Crippen LogP) is 2.73. The van der Waals surface area contributed by atoms with Crippen LogP contribution in [0.25, 0.3) is 0 Å². The van der Waals surface area contributed by atoms with E-state index in [-0.39, 0.29) is 5.56 Å². The fourth-order valence-corrected chi connectivity index (χ4v) is 1.42. The number of nitrogens with one attached hydrogen (secondary N) is 1. The minimum absolute atomic E-state index is 0.0299. The number of amides is 1. The second-order valence-corrected chi connectivity index (χ2v) is 4.76. The van der Waals surface area contributed by atoms with E-state index in [0.717, 1.165) is 0 Å². The molecule has 0 aliphatic carbocycles. The first kappa shape index (κ1) is 12.7. The third kappa shape index (κ3) is 3.07. The summed E-state index contributed by atoms with van der Waals surface area (Å²) in [5.41, 5.74) is -0.830. The summed E-state index contributed by atoms with van der Waals surface area (Å²) in [7, 11) is 0. The predicted molar refractivity (Wildman–Crippen MR) is 64.5 cm³/mol. The Kier molecular flexibility index (Phi) is 3.71. The number of hydrogen-bond donors (Lipinski definition) is 1. The molecule has 1 aromatic carbocycles. The molecule has 1 amide bonds. The Balaban J connectivity index is 2.98. The van der Waals surface area contributed by atoms with Gasteiger partial charge in [0.15, 0.2) is 0 Å². The molecule has 0 aliphatic heterocycles. The molecule has 0 spiro atoms.